The van der Waals surface area contributed by atoms with E-state index in [9.17, 15) is 22.0 Å². The van der Waals surface area contributed by atoms with Crippen molar-refractivity contribution in [3.05, 3.63) is 361 Å². The average Bonchev–Trinajstić information content (AvgIpc) is 1.60. The Balaban J connectivity index is 0.000000113. The van der Waals surface area contributed by atoms with Gasteiger partial charge in [0, 0.05) is 71.6 Å². The predicted molar refractivity (Wildman–Crippen MR) is 502 cm³/mol. The molecule has 0 spiro atoms. The lowest BCUT2D eigenvalue weighted by atomic mass is 9.92. The van der Waals surface area contributed by atoms with Gasteiger partial charge in [0.15, 0.2) is 0 Å². The number of pyridine rings is 4. The quantitative estimate of drug-likeness (QED) is 0.0632. The molecule has 22 aromatic rings. The third-order valence-electron chi connectivity index (χ3n) is 24.5. The van der Waals surface area contributed by atoms with Crippen LogP contribution < -0.4 is 18.3 Å². The van der Waals surface area contributed by atoms with Crippen LogP contribution in [0.25, 0.3) is 179 Å². The molecule has 0 fully saturated rings. The molecule has 130 heavy (non-hydrogen) atoms. The molecule has 12 heterocycles. The summed E-state index contributed by atoms with van der Waals surface area (Å²) in [5.74, 6) is 2.12. The van der Waals surface area contributed by atoms with Gasteiger partial charge < -0.3 is 17.7 Å². The number of nitrogens with zero attached hydrogens (tertiary/aromatic N) is 12. The number of rotatable bonds is 13. The molecular formula is C109H93F5N12O4+4. The van der Waals surface area contributed by atoms with Gasteiger partial charge in [-0.15, -0.1) is 0 Å². The maximum atomic E-state index is 14.7. The number of fused-ring (bicyclic) bond motifs is 12. The standard InChI is InChI=1S/C34H24F2N3O.C28H29FN3O.C25H23FN3O.C22H17FN3O/c1-21-18-27-29(40-33-31(27)28(35)20-30(36)37-33)19-26(21)34-38(2)16-17-39(34)32-24(22-10-5-3-6-11-22)14-9-15-25(32)23-12-7-4-8-13-23;1-16(2)19-8-7-9-20(17(3)4)26(19)32-13-12-31(6)28(32)22-15-23-21-10-11-25(29)30-27(21)33-24(23)14-18(22)5;1-15(2)17-7-5-6-8-21(17)29-12-11-28(4)25(29)19-14-20-18-9-10-23(26)27-24(18)30-22(20)13-16(19)3;1-14-12-19-18(16-8-9-20(23)24-21(16)27-19)13-17(14)22-25(2)10-11-26(22)15-6-4-3-5-7-15/h3-20H,1-2H3;7-17H,1-6H3;5-15H,1-4H3;3-13H,1-2H3/q4*+1. The van der Waals surface area contributed by atoms with Crippen LogP contribution in [0.15, 0.2) is 310 Å². The van der Waals surface area contributed by atoms with Gasteiger partial charge in [0.25, 0.3) is 23.3 Å². The second kappa shape index (κ2) is 34.0. The zero-order valence-electron chi connectivity index (χ0n) is 74.3. The molecule has 10 aromatic carbocycles. The Morgan fingerprint density at radius 3 is 1.08 bits per heavy atom. The summed E-state index contributed by atoms with van der Waals surface area (Å²) in [7, 11) is 8.16. The first-order valence-corrected chi connectivity index (χ1v) is 43.3. The van der Waals surface area contributed by atoms with Crippen molar-refractivity contribution in [2.75, 3.05) is 0 Å². The normalized spacial score (nSPS) is 11.7. The largest absolute Gasteiger partial charge is 0.438 e. The van der Waals surface area contributed by atoms with Crippen LogP contribution in [0.1, 0.15) is 98.2 Å². The summed E-state index contributed by atoms with van der Waals surface area (Å²) in [6.07, 6.45) is 16.6. The second-order valence-corrected chi connectivity index (χ2v) is 34.1. The highest BCUT2D eigenvalue weighted by molar-refractivity contribution is 6.09. The maximum absolute atomic E-state index is 14.7. The maximum Gasteiger partial charge on any atom is 0.294 e. The third kappa shape index (κ3) is 15.3. The molecule has 22 rings (SSSR count). The summed E-state index contributed by atoms with van der Waals surface area (Å²) in [5.41, 5.74) is 24.8. The molecule has 12 aromatic heterocycles. The minimum absolute atomic E-state index is 0.0513. The van der Waals surface area contributed by atoms with E-state index < -0.39 is 29.6 Å². The highest BCUT2D eigenvalue weighted by atomic mass is 19.1. The number of aromatic nitrogens is 12. The number of hydrogen-bond donors (Lipinski definition) is 0. The van der Waals surface area contributed by atoms with Gasteiger partial charge in [0.05, 0.1) is 55.8 Å². The number of aryl methyl sites for hydroxylation is 8. The van der Waals surface area contributed by atoms with Crippen LogP contribution in [-0.2, 0) is 28.2 Å². The van der Waals surface area contributed by atoms with Crippen LogP contribution in [0, 0.1) is 57.3 Å². The van der Waals surface area contributed by atoms with Crippen molar-refractivity contribution in [1.82, 2.24) is 38.2 Å². The van der Waals surface area contributed by atoms with E-state index in [0.717, 1.165) is 145 Å². The van der Waals surface area contributed by atoms with Gasteiger partial charge in [-0.05, 0) is 182 Å². The van der Waals surface area contributed by atoms with Crippen molar-refractivity contribution in [3.8, 4) is 90.6 Å². The second-order valence-electron chi connectivity index (χ2n) is 34.1. The van der Waals surface area contributed by atoms with Gasteiger partial charge in [-0.3, -0.25) is 0 Å². The number of halogens is 5. The average molecular weight is 1730 g/mol. The Morgan fingerprint density at radius 2 is 0.631 bits per heavy atom. The predicted octanol–water partition coefficient (Wildman–Crippen LogP) is 25.7. The molecule has 16 nitrogen and oxygen atoms in total. The van der Waals surface area contributed by atoms with Gasteiger partial charge in [0.1, 0.15) is 100 Å². The minimum Gasteiger partial charge on any atom is -0.438 e. The van der Waals surface area contributed by atoms with E-state index in [4.69, 9.17) is 17.7 Å². The first-order valence-electron chi connectivity index (χ1n) is 43.3. The van der Waals surface area contributed by atoms with E-state index in [1.165, 1.54) is 46.3 Å². The van der Waals surface area contributed by atoms with Crippen LogP contribution in [0.2, 0.25) is 0 Å². The molecule has 0 bridgehead atoms. The SMILES string of the molecule is Cc1cc2c(cc1-c1n(-c3c(-c4ccccc4)cccc3-c3ccccc3)cc[n+]1C)oc1nc(F)cc(F)c12.Cc1cc2oc3nc(F)ccc3c2cc1-c1n(-c2c(C(C)C)cccc2C(C)C)cc[n+]1C.Cc1cc2oc3nc(F)ccc3c2cc1-c1n(-c2ccccc2)cc[n+]1C.Cc1cc2oc3nc(F)ccc3c2cc1-c1n(-c2ccccc2C(C)C)cc[n+]1C. The Bertz CT molecular complexity index is 8070. The number of furan rings is 4. The smallest absolute Gasteiger partial charge is 0.294 e. The topological polar surface area (TPSA) is 139 Å². The lowest BCUT2D eigenvalue weighted by Gasteiger charge is -2.18. The Hall–Kier alpha value is -15.5. The molecule has 644 valence electrons. The number of benzene rings is 10. The molecular weight excluding hydrogens is 1640 g/mol. The molecule has 0 amide bonds. The van der Waals surface area contributed by atoms with Gasteiger partial charge in [-0.2, -0.15) is 55.8 Å². The fourth-order valence-electron chi connectivity index (χ4n) is 18.2. The van der Waals surface area contributed by atoms with E-state index >= 15 is 0 Å². The molecule has 0 unspecified atom stereocenters. The van der Waals surface area contributed by atoms with Gasteiger partial charge in [0.2, 0.25) is 46.6 Å². The fraction of sp³-hybridized carbons (Fsp3) is 0.156. The Kier molecular flexibility index (Phi) is 22.0. The third-order valence-corrected chi connectivity index (χ3v) is 24.5. The molecule has 0 saturated heterocycles. The van der Waals surface area contributed by atoms with Gasteiger partial charge in [-0.1, -0.05) is 175 Å². The molecule has 0 saturated carbocycles. The van der Waals surface area contributed by atoms with Crippen molar-refractivity contribution >= 4 is 88.3 Å². The number of hydrogen-bond acceptors (Lipinski definition) is 8. The van der Waals surface area contributed by atoms with E-state index in [2.05, 4.69) is 285 Å². The monoisotopic (exact) mass is 1730 g/mol. The summed E-state index contributed by atoms with van der Waals surface area (Å²) in [4.78, 5) is 15.5. The Labute approximate surface area is 746 Å². The van der Waals surface area contributed by atoms with Crippen molar-refractivity contribution in [1.29, 1.82) is 0 Å². The Morgan fingerprint density at radius 1 is 0.285 bits per heavy atom. The van der Waals surface area contributed by atoms with E-state index in [1.54, 1.807) is 18.2 Å². The van der Waals surface area contributed by atoms with E-state index in [0.29, 0.717) is 57.0 Å². The minimum atomic E-state index is -0.910. The van der Waals surface area contributed by atoms with Gasteiger partial charge in [-0.25, -0.2) is 22.7 Å². The summed E-state index contributed by atoms with van der Waals surface area (Å²) < 4.78 is 110. The van der Waals surface area contributed by atoms with Crippen LogP contribution in [-0.4, -0.2) is 38.2 Å². The molecule has 0 aliphatic carbocycles. The van der Waals surface area contributed by atoms with Crippen molar-refractivity contribution in [2.45, 2.75) is 87.0 Å². The zero-order chi connectivity index (χ0) is 90.4. The van der Waals surface area contributed by atoms with Crippen LogP contribution in [0.3, 0.4) is 0 Å². The van der Waals surface area contributed by atoms with Crippen LogP contribution in [0.5, 0.6) is 0 Å². The molecule has 21 heteroatoms. The molecule has 0 aliphatic rings. The van der Waals surface area contributed by atoms with Crippen LogP contribution >= 0.6 is 0 Å². The lowest BCUT2D eigenvalue weighted by molar-refractivity contribution is -0.659. The van der Waals surface area contributed by atoms with Crippen molar-refractivity contribution in [3.63, 3.8) is 0 Å². The molecule has 0 aliphatic heterocycles. The van der Waals surface area contributed by atoms with Crippen molar-refractivity contribution in [2.24, 2.45) is 28.2 Å². The van der Waals surface area contributed by atoms with E-state index in [1.807, 2.05) is 118 Å². The highest BCUT2D eigenvalue weighted by Crippen LogP contribution is 2.44. The van der Waals surface area contributed by atoms with Gasteiger partial charge >= 0.3 is 0 Å². The highest BCUT2D eigenvalue weighted by Gasteiger charge is 2.33. The summed E-state index contributed by atoms with van der Waals surface area (Å²) in [6.45, 7) is 21.6. The fourth-order valence-corrected chi connectivity index (χ4v) is 18.2. The molecule has 0 N–H and O–H groups in total. The number of para-hydroxylation sites is 4. The van der Waals surface area contributed by atoms with E-state index in [-0.39, 0.29) is 11.1 Å². The lowest BCUT2D eigenvalue weighted by Crippen LogP contribution is -2.29. The first kappa shape index (κ1) is 84.0. The van der Waals surface area contributed by atoms with Crippen molar-refractivity contribution < 1.29 is 57.9 Å². The number of imidazole rings is 4. The van der Waals surface area contributed by atoms with Crippen LogP contribution in [0.4, 0.5) is 22.0 Å². The first-order chi connectivity index (χ1) is 62.8. The summed E-state index contributed by atoms with van der Waals surface area (Å²) in [6, 6.07) is 78.7. The summed E-state index contributed by atoms with van der Waals surface area (Å²) >= 11 is 0. The molecule has 0 atom stereocenters. The summed E-state index contributed by atoms with van der Waals surface area (Å²) in [5, 5.41) is 6.00. The molecule has 0 radical (unpaired) electrons. The zero-order valence-corrected chi connectivity index (χ0v) is 74.3.